The Morgan fingerprint density at radius 3 is 2.62 bits per heavy atom. The lowest BCUT2D eigenvalue weighted by Crippen LogP contribution is -2.33. The molecule has 180 valence electrons. The van der Waals surface area contributed by atoms with Crippen LogP contribution < -0.4 is 0 Å². The molecule has 1 saturated carbocycles. The first-order valence-corrected chi connectivity index (χ1v) is 12.9. The monoisotopic (exact) mass is 485 g/mol. The van der Waals surface area contributed by atoms with Gasteiger partial charge in [0.05, 0.1) is 30.8 Å². The van der Waals surface area contributed by atoms with Gasteiger partial charge in [-0.1, -0.05) is 36.4 Å². The number of benzene rings is 2. The van der Waals surface area contributed by atoms with Crippen LogP contribution in [-0.4, -0.2) is 49.0 Å². The highest BCUT2D eigenvalue weighted by Gasteiger charge is 2.30. The Hall–Kier alpha value is -3.04. The minimum atomic E-state index is -3.73. The van der Waals surface area contributed by atoms with E-state index in [4.69, 9.17) is 4.74 Å². The summed E-state index contributed by atoms with van der Waals surface area (Å²) in [4.78, 5) is 19.1. The molecule has 1 aliphatic rings. The van der Waals surface area contributed by atoms with Gasteiger partial charge in [0.1, 0.15) is 5.82 Å². The van der Waals surface area contributed by atoms with Crippen LogP contribution in [0, 0.1) is 11.7 Å². The minimum absolute atomic E-state index is 0.0482. The molecule has 2 aromatic carbocycles. The number of hydrogen-bond donors (Lipinski definition) is 0. The second kappa shape index (κ2) is 10.5. The maximum absolute atomic E-state index is 13.7. The molecule has 1 fully saturated rings. The quantitative estimate of drug-likeness (QED) is 0.414. The second-order valence-electron chi connectivity index (χ2n) is 8.56. The maximum atomic E-state index is 13.7. The molecule has 9 heteroatoms. The van der Waals surface area contributed by atoms with Gasteiger partial charge in [0, 0.05) is 25.8 Å². The maximum Gasteiger partial charge on any atom is 0.254 e. The number of halogens is 1. The van der Waals surface area contributed by atoms with Crippen molar-refractivity contribution in [2.75, 3.05) is 20.3 Å². The number of nitrogens with zero attached hydrogens (tertiary/aromatic N) is 3. The van der Waals surface area contributed by atoms with Gasteiger partial charge in [-0.15, -0.1) is 0 Å². The van der Waals surface area contributed by atoms with Crippen molar-refractivity contribution in [2.45, 2.75) is 36.8 Å². The third-order valence-electron chi connectivity index (χ3n) is 5.79. The molecule has 0 radical (unpaired) electrons. The van der Waals surface area contributed by atoms with Crippen molar-refractivity contribution in [3.63, 3.8) is 0 Å². The van der Waals surface area contributed by atoms with Crippen LogP contribution in [0.4, 0.5) is 4.39 Å². The number of imidazole rings is 1. The van der Waals surface area contributed by atoms with Crippen LogP contribution in [0.2, 0.25) is 0 Å². The number of sulfone groups is 1. The average molecular weight is 486 g/mol. The average Bonchev–Trinajstić information content (AvgIpc) is 3.54. The third-order valence-corrected chi connectivity index (χ3v) is 7.38. The SMILES string of the molecule is COCCn1c(CN(CC2CC2)C(=O)c2cccc(F)c2)cnc1S(=O)(=O)Cc1ccccc1. The third kappa shape index (κ3) is 5.90. The molecule has 0 N–H and O–H groups in total. The van der Waals surface area contributed by atoms with Gasteiger partial charge in [0.2, 0.25) is 15.0 Å². The summed E-state index contributed by atoms with van der Waals surface area (Å²) >= 11 is 0. The Morgan fingerprint density at radius 2 is 1.94 bits per heavy atom. The Morgan fingerprint density at radius 1 is 1.18 bits per heavy atom. The van der Waals surface area contributed by atoms with E-state index < -0.39 is 15.7 Å². The molecule has 0 spiro atoms. The lowest BCUT2D eigenvalue weighted by molar-refractivity contribution is 0.0729. The summed E-state index contributed by atoms with van der Waals surface area (Å²) in [5.74, 6) is -0.545. The summed E-state index contributed by atoms with van der Waals surface area (Å²) in [6.07, 6.45) is 3.57. The van der Waals surface area contributed by atoms with Gasteiger partial charge in [-0.05, 0) is 42.5 Å². The molecule has 0 aliphatic heterocycles. The highest BCUT2D eigenvalue weighted by molar-refractivity contribution is 7.90. The summed E-state index contributed by atoms with van der Waals surface area (Å²) in [5.41, 5.74) is 1.52. The molecule has 1 amide bonds. The first-order valence-electron chi connectivity index (χ1n) is 11.2. The van der Waals surface area contributed by atoms with E-state index in [1.807, 2.05) is 6.07 Å². The van der Waals surface area contributed by atoms with E-state index in [0.717, 1.165) is 12.8 Å². The fourth-order valence-electron chi connectivity index (χ4n) is 3.88. The van der Waals surface area contributed by atoms with E-state index in [9.17, 15) is 17.6 Å². The number of rotatable bonds is 11. The zero-order valence-corrected chi connectivity index (χ0v) is 19.9. The van der Waals surface area contributed by atoms with Crippen LogP contribution in [0.15, 0.2) is 66.0 Å². The van der Waals surface area contributed by atoms with E-state index >= 15 is 0 Å². The van der Waals surface area contributed by atoms with Crippen molar-refractivity contribution in [1.82, 2.24) is 14.5 Å². The topological polar surface area (TPSA) is 81.5 Å². The van der Waals surface area contributed by atoms with Crippen molar-refractivity contribution in [3.8, 4) is 0 Å². The van der Waals surface area contributed by atoms with Crippen LogP contribution in [0.5, 0.6) is 0 Å². The zero-order valence-electron chi connectivity index (χ0n) is 19.1. The van der Waals surface area contributed by atoms with Gasteiger partial charge in [0.25, 0.3) is 5.91 Å². The van der Waals surface area contributed by atoms with Crippen LogP contribution in [-0.2, 0) is 33.4 Å². The summed E-state index contributed by atoms with van der Waals surface area (Å²) in [6.45, 7) is 1.26. The molecule has 0 saturated heterocycles. The summed E-state index contributed by atoms with van der Waals surface area (Å²) in [6, 6.07) is 14.6. The number of carbonyl (C=O) groups is 1. The van der Waals surface area contributed by atoms with Crippen LogP contribution in [0.1, 0.15) is 34.5 Å². The van der Waals surface area contributed by atoms with Gasteiger partial charge in [-0.2, -0.15) is 0 Å². The fourth-order valence-corrected chi connectivity index (χ4v) is 5.40. The Balaban J connectivity index is 1.64. The lowest BCUT2D eigenvalue weighted by Gasteiger charge is -2.24. The molecule has 1 heterocycles. The van der Waals surface area contributed by atoms with E-state index in [2.05, 4.69) is 4.98 Å². The van der Waals surface area contributed by atoms with E-state index in [1.54, 1.807) is 46.9 Å². The van der Waals surface area contributed by atoms with Gasteiger partial charge in [0.15, 0.2) is 0 Å². The first-order chi connectivity index (χ1) is 16.4. The Bertz CT molecular complexity index is 1240. The standard InChI is InChI=1S/C25H28FN3O4S/c1-33-13-12-29-23(15-27-25(29)34(31,32)18-20-6-3-2-4-7-20)17-28(16-19-10-11-19)24(30)21-8-5-9-22(26)14-21/h2-9,14-15,19H,10-13,16-18H2,1H3. The van der Waals surface area contributed by atoms with Crippen molar-refractivity contribution in [3.05, 3.63) is 83.4 Å². The van der Waals surface area contributed by atoms with Crippen LogP contribution in [0.25, 0.3) is 0 Å². The molecule has 0 bridgehead atoms. The van der Waals surface area contributed by atoms with Gasteiger partial charge in [-0.25, -0.2) is 17.8 Å². The largest absolute Gasteiger partial charge is 0.383 e. The van der Waals surface area contributed by atoms with E-state index in [-0.39, 0.29) is 42.1 Å². The van der Waals surface area contributed by atoms with Crippen molar-refractivity contribution >= 4 is 15.7 Å². The first kappa shape index (κ1) is 24.1. The zero-order chi connectivity index (χ0) is 24.1. The molecular weight excluding hydrogens is 457 g/mol. The van der Waals surface area contributed by atoms with Crippen molar-refractivity contribution in [1.29, 1.82) is 0 Å². The number of hydrogen-bond acceptors (Lipinski definition) is 5. The smallest absolute Gasteiger partial charge is 0.254 e. The van der Waals surface area contributed by atoms with Crippen LogP contribution in [0.3, 0.4) is 0 Å². The summed E-state index contributed by atoms with van der Waals surface area (Å²) < 4.78 is 47.0. The van der Waals surface area contributed by atoms with Crippen molar-refractivity contribution in [2.24, 2.45) is 5.92 Å². The highest BCUT2D eigenvalue weighted by Crippen LogP contribution is 2.31. The Labute approximate surface area is 199 Å². The molecular formula is C25H28FN3O4S. The normalized spacial score (nSPS) is 13.7. The predicted molar refractivity (Wildman–Crippen MR) is 125 cm³/mol. The van der Waals surface area contributed by atoms with Crippen LogP contribution >= 0.6 is 0 Å². The molecule has 34 heavy (non-hydrogen) atoms. The summed E-state index contributed by atoms with van der Waals surface area (Å²) in [7, 11) is -2.19. The molecule has 4 rings (SSSR count). The van der Waals surface area contributed by atoms with Gasteiger partial charge in [-0.3, -0.25) is 4.79 Å². The van der Waals surface area contributed by atoms with Gasteiger partial charge >= 0.3 is 0 Å². The number of ether oxygens (including phenoxy) is 1. The Kier molecular flexibility index (Phi) is 7.43. The molecule has 0 unspecified atom stereocenters. The molecule has 7 nitrogen and oxygen atoms in total. The fraction of sp³-hybridized carbons (Fsp3) is 0.360. The molecule has 0 atom stereocenters. The minimum Gasteiger partial charge on any atom is -0.383 e. The number of aromatic nitrogens is 2. The second-order valence-corrected chi connectivity index (χ2v) is 10.4. The number of methoxy groups -OCH3 is 1. The molecule has 1 aromatic heterocycles. The van der Waals surface area contributed by atoms with E-state index in [0.29, 0.717) is 23.7 Å². The molecule has 3 aromatic rings. The predicted octanol–water partition coefficient (Wildman–Crippen LogP) is 3.69. The number of amides is 1. The highest BCUT2D eigenvalue weighted by atomic mass is 32.2. The lowest BCUT2D eigenvalue weighted by atomic mass is 10.1. The van der Waals surface area contributed by atoms with E-state index in [1.165, 1.54) is 24.4 Å². The summed E-state index contributed by atoms with van der Waals surface area (Å²) in [5, 5.41) is -0.0482. The van der Waals surface area contributed by atoms with Gasteiger partial charge < -0.3 is 14.2 Å². The number of carbonyl (C=O) groups excluding carboxylic acids is 1. The van der Waals surface area contributed by atoms with Crippen molar-refractivity contribution < 1.29 is 22.3 Å². The molecule has 1 aliphatic carbocycles.